The third-order valence-electron chi connectivity index (χ3n) is 1.70. The van der Waals surface area contributed by atoms with Gasteiger partial charge in [-0.3, -0.25) is 0 Å². The largest absolute Gasteiger partial charge is 0.110 e. The first-order valence-electron chi connectivity index (χ1n) is 3.85. The second kappa shape index (κ2) is 4.54. The van der Waals surface area contributed by atoms with Crippen LogP contribution in [0.4, 0.5) is 0 Å². The summed E-state index contributed by atoms with van der Waals surface area (Å²) in [6.07, 6.45) is 0.854. The molecule has 0 bridgehead atoms. The summed E-state index contributed by atoms with van der Waals surface area (Å²) in [7, 11) is 0. The van der Waals surface area contributed by atoms with Crippen LogP contribution in [-0.4, -0.2) is 0 Å². The van der Waals surface area contributed by atoms with Gasteiger partial charge in [0.25, 0.3) is 0 Å². The van der Waals surface area contributed by atoms with Crippen molar-refractivity contribution in [1.82, 2.24) is 0 Å². The molecule has 0 fully saturated rings. The highest BCUT2D eigenvalue weighted by Gasteiger charge is 2.01. The van der Waals surface area contributed by atoms with Crippen LogP contribution in [0.1, 0.15) is 18.9 Å². The van der Waals surface area contributed by atoms with Crippen molar-refractivity contribution in [3.05, 3.63) is 40.4 Å². The lowest BCUT2D eigenvalue weighted by Gasteiger charge is -2.03. The van der Waals surface area contributed by atoms with Crippen molar-refractivity contribution < 1.29 is 0 Å². The van der Waals surface area contributed by atoms with E-state index in [0.717, 1.165) is 17.6 Å². The minimum atomic E-state index is 0.365. The molecule has 1 aromatic carbocycles. The molecule has 0 heterocycles. The Morgan fingerprint density at radius 2 is 1.75 bits per heavy atom. The summed E-state index contributed by atoms with van der Waals surface area (Å²) >= 11 is 11.4. The van der Waals surface area contributed by atoms with Crippen LogP contribution in [0.25, 0.3) is 5.57 Å². The molecule has 0 atom stereocenters. The summed E-state index contributed by atoms with van der Waals surface area (Å²) < 4.78 is 0.365. The molecule has 12 heavy (non-hydrogen) atoms. The zero-order valence-corrected chi connectivity index (χ0v) is 8.36. The van der Waals surface area contributed by atoms with E-state index in [1.165, 1.54) is 0 Å². The first-order valence-corrected chi connectivity index (χ1v) is 4.61. The molecule has 0 aliphatic heterocycles. The second-order valence-corrected chi connectivity index (χ2v) is 3.41. The maximum Gasteiger partial charge on any atom is 0.110 e. The van der Waals surface area contributed by atoms with Crippen LogP contribution in [0.2, 0.25) is 0 Å². The van der Waals surface area contributed by atoms with Crippen LogP contribution in [0.3, 0.4) is 0 Å². The molecule has 0 saturated carbocycles. The molecule has 0 radical (unpaired) electrons. The van der Waals surface area contributed by atoms with E-state index in [4.69, 9.17) is 23.2 Å². The van der Waals surface area contributed by atoms with Gasteiger partial charge < -0.3 is 0 Å². The van der Waals surface area contributed by atoms with Crippen molar-refractivity contribution in [2.75, 3.05) is 0 Å². The number of halogens is 2. The zero-order chi connectivity index (χ0) is 8.97. The fraction of sp³-hybridized carbons (Fsp3) is 0.200. The molecule has 1 rings (SSSR count). The van der Waals surface area contributed by atoms with Crippen molar-refractivity contribution >= 4 is 28.8 Å². The normalized spacial score (nSPS) is 9.58. The second-order valence-electron chi connectivity index (χ2n) is 2.46. The topological polar surface area (TPSA) is 0 Å². The number of allylic oxidation sites excluding steroid dienone is 1. The fourth-order valence-electron chi connectivity index (χ4n) is 1.09. The summed E-state index contributed by atoms with van der Waals surface area (Å²) in [5.41, 5.74) is 2.10. The number of hydrogen-bond donors (Lipinski definition) is 0. The van der Waals surface area contributed by atoms with E-state index < -0.39 is 0 Å². The van der Waals surface area contributed by atoms with Gasteiger partial charge in [0.1, 0.15) is 4.49 Å². The summed E-state index contributed by atoms with van der Waals surface area (Å²) in [4.78, 5) is 0. The van der Waals surface area contributed by atoms with Crippen LogP contribution in [-0.2, 0) is 0 Å². The predicted molar refractivity (Wildman–Crippen MR) is 55.4 cm³/mol. The van der Waals surface area contributed by atoms with E-state index in [1.807, 2.05) is 37.3 Å². The Balaban J connectivity index is 3.05. The van der Waals surface area contributed by atoms with E-state index in [2.05, 4.69) is 0 Å². The van der Waals surface area contributed by atoms with Crippen LogP contribution < -0.4 is 0 Å². The van der Waals surface area contributed by atoms with Gasteiger partial charge in [0.15, 0.2) is 0 Å². The monoisotopic (exact) mass is 200 g/mol. The highest BCUT2D eigenvalue weighted by Crippen LogP contribution is 2.26. The first kappa shape index (κ1) is 9.63. The first-order chi connectivity index (χ1) is 5.75. The lowest BCUT2D eigenvalue weighted by atomic mass is 10.1. The Morgan fingerprint density at radius 1 is 1.17 bits per heavy atom. The number of benzene rings is 1. The highest BCUT2D eigenvalue weighted by atomic mass is 35.5. The van der Waals surface area contributed by atoms with Gasteiger partial charge in [-0.2, -0.15) is 0 Å². The van der Waals surface area contributed by atoms with Gasteiger partial charge in [0.05, 0.1) is 0 Å². The minimum absolute atomic E-state index is 0.365. The highest BCUT2D eigenvalue weighted by molar-refractivity contribution is 6.58. The van der Waals surface area contributed by atoms with Gasteiger partial charge in [-0.15, -0.1) is 0 Å². The van der Waals surface area contributed by atoms with Gasteiger partial charge in [0, 0.05) is 0 Å². The van der Waals surface area contributed by atoms with E-state index in [1.54, 1.807) is 0 Å². The van der Waals surface area contributed by atoms with Crippen molar-refractivity contribution in [2.24, 2.45) is 0 Å². The summed E-state index contributed by atoms with van der Waals surface area (Å²) in [6, 6.07) is 9.93. The predicted octanol–water partition coefficient (Wildman–Crippen LogP) is 4.24. The minimum Gasteiger partial charge on any atom is -0.0706 e. The number of hydrogen-bond acceptors (Lipinski definition) is 0. The fourth-order valence-corrected chi connectivity index (χ4v) is 1.57. The van der Waals surface area contributed by atoms with Crippen molar-refractivity contribution in [2.45, 2.75) is 13.3 Å². The van der Waals surface area contributed by atoms with Crippen LogP contribution >= 0.6 is 23.2 Å². The Hall–Kier alpha value is -0.460. The standard InChI is InChI=1S/C10H10Cl2/c1-2-9(10(11)12)8-6-4-3-5-7-8/h3-7H,2H2,1H3. The maximum atomic E-state index is 5.72. The lowest BCUT2D eigenvalue weighted by Crippen LogP contribution is -1.81. The molecule has 0 aliphatic carbocycles. The lowest BCUT2D eigenvalue weighted by molar-refractivity contribution is 1.24. The molecular formula is C10H10Cl2. The van der Waals surface area contributed by atoms with Crippen LogP contribution in [0.5, 0.6) is 0 Å². The summed E-state index contributed by atoms with van der Waals surface area (Å²) in [5.74, 6) is 0. The van der Waals surface area contributed by atoms with E-state index >= 15 is 0 Å². The molecule has 0 amide bonds. The average molecular weight is 201 g/mol. The molecule has 0 aromatic heterocycles. The van der Waals surface area contributed by atoms with Gasteiger partial charge >= 0.3 is 0 Å². The molecule has 0 N–H and O–H groups in total. The number of rotatable bonds is 2. The summed E-state index contributed by atoms with van der Waals surface area (Å²) in [6.45, 7) is 2.03. The average Bonchev–Trinajstić information content (AvgIpc) is 2.07. The van der Waals surface area contributed by atoms with Crippen molar-refractivity contribution in [3.63, 3.8) is 0 Å². The van der Waals surface area contributed by atoms with E-state index in [9.17, 15) is 0 Å². The third-order valence-corrected chi connectivity index (χ3v) is 2.16. The molecule has 0 spiro atoms. The molecular weight excluding hydrogens is 191 g/mol. The van der Waals surface area contributed by atoms with Crippen molar-refractivity contribution in [3.8, 4) is 0 Å². The summed E-state index contributed by atoms with van der Waals surface area (Å²) in [5, 5.41) is 0. The van der Waals surface area contributed by atoms with E-state index in [0.29, 0.717) is 4.49 Å². The van der Waals surface area contributed by atoms with Gasteiger partial charge in [-0.1, -0.05) is 60.5 Å². The Morgan fingerprint density at radius 3 is 2.17 bits per heavy atom. The quantitative estimate of drug-likeness (QED) is 0.671. The van der Waals surface area contributed by atoms with Crippen LogP contribution in [0, 0.1) is 0 Å². The smallest absolute Gasteiger partial charge is 0.0706 e. The molecule has 2 heteroatoms. The van der Waals surface area contributed by atoms with Gasteiger partial charge in [-0.05, 0) is 17.6 Å². The molecule has 1 aromatic rings. The molecule has 0 aliphatic rings. The molecule has 64 valence electrons. The molecule has 0 saturated heterocycles. The Bertz CT molecular complexity index is 271. The molecule has 0 unspecified atom stereocenters. The maximum absolute atomic E-state index is 5.72. The van der Waals surface area contributed by atoms with Crippen LogP contribution in [0.15, 0.2) is 34.8 Å². The molecule has 0 nitrogen and oxygen atoms in total. The van der Waals surface area contributed by atoms with Gasteiger partial charge in [-0.25, -0.2) is 0 Å². The van der Waals surface area contributed by atoms with Gasteiger partial charge in [0.2, 0.25) is 0 Å². The Labute approximate surface area is 82.8 Å². The SMILES string of the molecule is CCC(=C(Cl)Cl)c1ccccc1. The Kier molecular flexibility index (Phi) is 3.64. The zero-order valence-electron chi connectivity index (χ0n) is 6.85. The third kappa shape index (κ3) is 2.26. The van der Waals surface area contributed by atoms with Crippen molar-refractivity contribution in [1.29, 1.82) is 0 Å². The van der Waals surface area contributed by atoms with E-state index in [-0.39, 0.29) is 0 Å².